The van der Waals surface area contributed by atoms with Gasteiger partial charge in [-0.05, 0) is 31.9 Å². The molecule has 1 aromatic rings. The molecule has 2 rings (SSSR count). The van der Waals surface area contributed by atoms with Crippen molar-refractivity contribution in [3.05, 3.63) is 29.8 Å². The van der Waals surface area contributed by atoms with Crippen LogP contribution in [0, 0.1) is 6.92 Å². The Labute approximate surface area is 163 Å². The monoisotopic (exact) mass is 396 g/mol. The van der Waals surface area contributed by atoms with E-state index in [-0.39, 0.29) is 18.0 Å². The fourth-order valence-corrected chi connectivity index (χ4v) is 4.44. The van der Waals surface area contributed by atoms with Gasteiger partial charge in [0.1, 0.15) is 0 Å². The summed E-state index contributed by atoms with van der Waals surface area (Å²) in [6.45, 7) is 8.52. The second kappa shape index (κ2) is 9.14. The van der Waals surface area contributed by atoms with Gasteiger partial charge >= 0.3 is 0 Å². The summed E-state index contributed by atoms with van der Waals surface area (Å²) in [6.07, 6.45) is 1.61. The summed E-state index contributed by atoms with van der Waals surface area (Å²) in [6, 6.07) is 6.89. The highest BCUT2D eigenvalue weighted by atomic mass is 32.2. The third-order valence-electron chi connectivity index (χ3n) is 5.40. The minimum atomic E-state index is -3.48. The van der Waals surface area contributed by atoms with Crippen LogP contribution in [0.5, 0.6) is 0 Å². The molecule has 0 aromatic heterocycles. The zero-order valence-electron chi connectivity index (χ0n) is 16.6. The molecule has 27 heavy (non-hydrogen) atoms. The molecule has 0 aliphatic carbocycles. The third-order valence-corrected chi connectivity index (χ3v) is 7.32. The molecule has 1 fully saturated rings. The van der Waals surface area contributed by atoms with Crippen LogP contribution in [0.3, 0.4) is 0 Å². The molecule has 8 heteroatoms. The first-order valence-corrected chi connectivity index (χ1v) is 11.0. The molecule has 0 spiro atoms. The Bertz CT molecular complexity index is 722. The van der Waals surface area contributed by atoms with E-state index < -0.39 is 10.0 Å². The van der Waals surface area contributed by atoms with Crippen LogP contribution in [0.2, 0.25) is 0 Å². The van der Waals surface area contributed by atoms with Crippen LogP contribution in [-0.4, -0.2) is 68.3 Å². The summed E-state index contributed by atoms with van der Waals surface area (Å²) in [5.74, 6) is -0.0680. The number of amides is 1. The third kappa shape index (κ3) is 5.75. The normalized spacial score (nSPS) is 17.0. The van der Waals surface area contributed by atoms with Gasteiger partial charge in [0.25, 0.3) is 0 Å². The van der Waals surface area contributed by atoms with Crippen LogP contribution < -0.4 is 11.1 Å². The molecule has 152 valence electrons. The number of nitrogens with zero attached hydrogens (tertiary/aromatic N) is 2. The maximum absolute atomic E-state index is 12.7. The Morgan fingerprint density at radius 1 is 1.11 bits per heavy atom. The van der Waals surface area contributed by atoms with Crippen molar-refractivity contribution in [2.24, 2.45) is 5.73 Å². The van der Waals surface area contributed by atoms with Crippen molar-refractivity contribution in [1.82, 2.24) is 14.5 Å². The number of hydrogen-bond donors (Lipinski definition) is 2. The van der Waals surface area contributed by atoms with Gasteiger partial charge in [0.05, 0.1) is 11.4 Å². The van der Waals surface area contributed by atoms with E-state index in [1.165, 1.54) is 4.31 Å². The number of nitrogens with two attached hydrogens (primary N) is 1. The molecule has 0 unspecified atom stereocenters. The van der Waals surface area contributed by atoms with Gasteiger partial charge in [-0.2, -0.15) is 4.31 Å². The number of carbonyl (C=O) groups excluding carboxylic acids is 1. The molecule has 1 heterocycles. The molecule has 1 aromatic carbocycles. The lowest BCUT2D eigenvalue weighted by molar-refractivity contribution is -0.122. The number of carbonyl (C=O) groups is 1. The molecule has 1 aliphatic heterocycles. The highest BCUT2D eigenvalue weighted by Gasteiger charge is 2.29. The molecule has 7 nitrogen and oxygen atoms in total. The Kier molecular flexibility index (Phi) is 7.39. The first-order chi connectivity index (χ1) is 12.7. The van der Waals surface area contributed by atoms with E-state index in [1.54, 1.807) is 24.3 Å². The fraction of sp³-hybridized carbons (Fsp3) is 0.632. The number of rotatable bonds is 8. The van der Waals surface area contributed by atoms with Gasteiger partial charge in [0.2, 0.25) is 15.9 Å². The molecule has 0 radical (unpaired) electrons. The minimum absolute atomic E-state index is 0.0680. The van der Waals surface area contributed by atoms with Gasteiger partial charge in [-0.25, -0.2) is 8.42 Å². The van der Waals surface area contributed by atoms with Crippen molar-refractivity contribution in [2.75, 3.05) is 39.3 Å². The average molecular weight is 397 g/mol. The van der Waals surface area contributed by atoms with Crippen LogP contribution in [0.15, 0.2) is 29.2 Å². The Morgan fingerprint density at radius 3 is 2.19 bits per heavy atom. The van der Waals surface area contributed by atoms with Crippen molar-refractivity contribution in [3.8, 4) is 0 Å². The number of nitrogens with one attached hydrogen (secondary N) is 1. The maximum atomic E-state index is 12.7. The molecular weight excluding hydrogens is 364 g/mol. The lowest BCUT2D eigenvalue weighted by Gasteiger charge is -2.34. The average Bonchev–Trinajstić information content (AvgIpc) is 2.67. The highest BCUT2D eigenvalue weighted by molar-refractivity contribution is 7.89. The number of aryl methyl sites for hydroxylation is 1. The predicted molar refractivity (Wildman–Crippen MR) is 107 cm³/mol. The summed E-state index contributed by atoms with van der Waals surface area (Å²) in [5.41, 5.74) is 6.87. The molecule has 3 N–H and O–H groups in total. The number of piperazine rings is 1. The topological polar surface area (TPSA) is 95.7 Å². The van der Waals surface area contributed by atoms with Crippen LogP contribution in [0.1, 0.15) is 32.3 Å². The first-order valence-electron chi connectivity index (χ1n) is 9.55. The lowest BCUT2D eigenvalue weighted by atomic mass is 9.94. The zero-order chi connectivity index (χ0) is 20.1. The van der Waals surface area contributed by atoms with Crippen molar-refractivity contribution in [2.45, 2.75) is 44.0 Å². The van der Waals surface area contributed by atoms with E-state index >= 15 is 0 Å². The van der Waals surface area contributed by atoms with Gasteiger partial charge in [0, 0.05) is 38.3 Å². The van der Waals surface area contributed by atoms with Crippen molar-refractivity contribution in [3.63, 3.8) is 0 Å². The summed E-state index contributed by atoms with van der Waals surface area (Å²) in [7, 11) is -3.48. The molecule has 1 saturated heterocycles. The molecule has 0 saturated carbocycles. The lowest BCUT2D eigenvalue weighted by Crippen LogP contribution is -2.53. The largest absolute Gasteiger partial charge is 0.353 e. The van der Waals surface area contributed by atoms with Gasteiger partial charge < -0.3 is 11.1 Å². The van der Waals surface area contributed by atoms with E-state index in [4.69, 9.17) is 5.73 Å². The molecule has 1 amide bonds. The summed E-state index contributed by atoms with van der Waals surface area (Å²) >= 11 is 0. The highest BCUT2D eigenvalue weighted by Crippen LogP contribution is 2.18. The van der Waals surface area contributed by atoms with Crippen LogP contribution in [-0.2, 0) is 14.8 Å². The van der Waals surface area contributed by atoms with Crippen LogP contribution in [0.25, 0.3) is 0 Å². The van der Waals surface area contributed by atoms with E-state index in [2.05, 4.69) is 5.32 Å². The van der Waals surface area contributed by atoms with Crippen LogP contribution in [0.4, 0.5) is 0 Å². The first kappa shape index (κ1) is 21.8. The molecule has 0 bridgehead atoms. The summed E-state index contributed by atoms with van der Waals surface area (Å²) < 4.78 is 26.9. The van der Waals surface area contributed by atoms with Crippen molar-refractivity contribution in [1.29, 1.82) is 0 Å². The zero-order valence-corrected chi connectivity index (χ0v) is 17.4. The molecule has 0 atom stereocenters. The predicted octanol–water partition coefficient (Wildman–Crippen LogP) is 0.935. The van der Waals surface area contributed by atoms with Gasteiger partial charge in [-0.3, -0.25) is 9.69 Å². The number of sulfonamides is 1. The SMILES string of the molecule is CCC(N)(CC)CNC(=O)CN1CCN(S(=O)(=O)c2ccc(C)cc2)CC1. The quantitative estimate of drug-likeness (QED) is 0.682. The molecular formula is C19H32N4O3S. The molecule has 1 aliphatic rings. The van der Waals surface area contributed by atoms with E-state index in [0.717, 1.165) is 18.4 Å². The number of hydrogen-bond acceptors (Lipinski definition) is 5. The summed E-state index contributed by atoms with van der Waals surface area (Å²) in [4.78, 5) is 14.5. The van der Waals surface area contributed by atoms with Gasteiger partial charge in [0.15, 0.2) is 0 Å². The Morgan fingerprint density at radius 2 is 1.67 bits per heavy atom. The standard InChI is InChI=1S/C19H32N4O3S/c1-4-19(20,5-2)15-21-18(24)14-22-10-12-23(13-11-22)27(25,26)17-8-6-16(3)7-9-17/h6-9H,4-5,10-15,20H2,1-3H3,(H,21,24). The second-order valence-electron chi connectivity index (χ2n) is 7.34. The van der Waals surface area contributed by atoms with E-state index in [0.29, 0.717) is 37.6 Å². The van der Waals surface area contributed by atoms with E-state index in [1.807, 2.05) is 25.7 Å². The number of benzene rings is 1. The Balaban J connectivity index is 1.84. The fourth-order valence-electron chi connectivity index (χ4n) is 3.02. The van der Waals surface area contributed by atoms with Crippen molar-refractivity contribution >= 4 is 15.9 Å². The van der Waals surface area contributed by atoms with Gasteiger partial charge in [-0.15, -0.1) is 0 Å². The summed E-state index contributed by atoms with van der Waals surface area (Å²) in [5, 5.41) is 2.91. The van der Waals surface area contributed by atoms with E-state index in [9.17, 15) is 13.2 Å². The maximum Gasteiger partial charge on any atom is 0.243 e. The minimum Gasteiger partial charge on any atom is -0.353 e. The Hall–Kier alpha value is -1.48. The van der Waals surface area contributed by atoms with Crippen molar-refractivity contribution < 1.29 is 13.2 Å². The van der Waals surface area contributed by atoms with Gasteiger partial charge in [-0.1, -0.05) is 31.5 Å². The van der Waals surface area contributed by atoms with Crippen LogP contribution >= 0.6 is 0 Å². The smallest absolute Gasteiger partial charge is 0.243 e. The second-order valence-corrected chi connectivity index (χ2v) is 9.28.